The number of nitrogens with two attached hydrogens (primary N) is 2. The molecule has 0 bridgehead atoms. The minimum absolute atomic E-state index is 0.0400. The summed E-state index contributed by atoms with van der Waals surface area (Å²) in [5, 5.41) is 3.71. The van der Waals surface area contributed by atoms with E-state index >= 15 is 0 Å². The Morgan fingerprint density at radius 1 is 1.05 bits per heavy atom. The van der Waals surface area contributed by atoms with Crippen molar-refractivity contribution < 1.29 is 14.4 Å². The predicted octanol–water partition coefficient (Wildman–Crippen LogP) is 4.18. The van der Waals surface area contributed by atoms with Crippen molar-refractivity contribution in [2.45, 2.75) is 84.6 Å². The maximum absolute atomic E-state index is 13.0. The third kappa shape index (κ3) is 9.17. The normalized spacial score (nSPS) is 20.4. The molecule has 9 heteroatoms. The Hall–Kier alpha value is -2.65. The highest BCUT2D eigenvalue weighted by molar-refractivity contribution is 9.11. The Bertz CT molecular complexity index is 1140. The summed E-state index contributed by atoms with van der Waals surface area (Å²) < 4.78 is 1.09. The van der Waals surface area contributed by atoms with Crippen molar-refractivity contribution in [2.24, 2.45) is 17.4 Å². The summed E-state index contributed by atoms with van der Waals surface area (Å²) in [6.07, 6.45) is 10.6. The van der Waals surface area contributed by atoms with Gasteiger partial charge in [0.05, 0.1) is 19.1 Å². The van der Waals surface area contributed by atoms with Crippen molar-refractivity contribution in [3.05, 3.63) is 56.7 Å². The van der Waals surface area contributed by atoms with E-state index in [1.165, 1.54) is 34.2 Å². The number of hydrogen-bond donors (Lipinski definition) is 3. The Balaban J connectivity index is 0.00000147. The van der Waals surface area contributed by atoms with Crippen LogP contribution >= 0.6 is 15.9 Å². The second-order valence-electron chi connectivity index (χ2n) is 11.7. The molecule has 8 nitrogen and oxygen atoms in total. The average Bonchev–Trinajstić information content (AvgIpc) is 3.05. The number of amides is 3. The third-order valence-corrected chi connectivity index (χ3v) is 8.60. The van der Waals surface area contributed by atoms with Crippen LogP contribution in [0.5, 0.6) is 0 Å². The van der Waals surface area contributed by atoms with Crippen LogP contribution in [-0.4, -0.2) is 66.3 Å². The summed E-state index contributed by atoms with van der Waals surface area (Å²) >= 11 is 3.66. The monoisotopic (exact) mass is 629 g/mol. The van der Waals surface area contributed by atoms with Gasteiger partial charge in [-0.05, 0) is 103 Å². The van der Waals surface area contributed by atoms with E-state index in [1.54, 1.807) is 4.90 Å². The van der Waals surface area contributed by atoms with Crippen LogP contribution in [0.1, 0.15) is 80.5 Å². The number of dihydropyridines is 1. The number of carbonyl (C=O) groups is 3. The van der Waals surface area contributed by atoms with Gasteiger partial charge in [0.25, 0.3) is 0 Å². The van der Waals surface area contributed by atoms with Crippen LogP contribution in [0.2, 0.25) is 0 Å². The van der Waals surface area contributed by atoms with Crippen molar-refractivity contribution >= 4 is 33.7 Å². The SMILES string of the molecule is CCC.Cc1cc(C)c2c(c1)CCC1=CC(Br)=CNC1C2C1CCN(C(=O)CCCN(CC(N)=O)CC(N)=O)CC1. The first-order chi connectivity index (χ1) is 19.5. The summed E-state index contributed by atoms with van der Waals surface area (Å²) in [4.78, 5) is 39.1. The zero-order valence-corrected chi connectivity index (χ0v) is 26.8. The Morgan fingerprint density at radius 2 is 1.68 bits per heavy atom. The molecule has 2 aliphatic heterocycles. The van der Waals surface area contributed by atoms with E-state index < -0.39 is 11.8 Å². The molecule has 2 unspecified atom stereocenters. The van der Waals surface area contributed by atoms with Crippen LogP contribution in [0.3, 0.4) is 0 Å². The highest BCUT2D eigenvalue weighted by Crippen LogP contribution is 2.45. The molecule has 1 aromatic carbocycles. The molecule has 0 aromatic heterocycles. The molecule has 41 heavy (non-hydrogen) atoms. The van der Waals surface area contributed by atoms with E-state index in [-0.39, 0.29) is 25.0 Å². The number of halogens is 1. The van der Waals surface area contributed by atoms with Crippen LogP contribution in [0, 0.1) is 19.8 Å². The first-order valence-electron chi connectivity index (χ1n) is 15.0. The molecular weight excluding hydrogens is 582 g/mol. The van der Waals surface area contributed by atoms with Gasteiger partial charge in [-0.2, -0.15) is 0 Å². The zero-order valence-electron chi connectivity index (χ0n) is 25.2. The average molecular weight is 631 g/mol. The fraction of sp³-hybridized carbons (Fsp3) is 0.594. The number of allylic oxidation sites excluding steroid dienone is 2. The number of nitrogens with one attached hydrogen (secondary N) is 1. The minimum Gasteiger partial charge on any atom is -0.383 e. The fourth-order valence-corrected chi connectivity index (χ4v) is 7.05. The molecule has 0 spiro atoms. The summed E-state index contributed by atoms with van der Waals surface area (Å²) in [5.41, 5.74) is 17.7. The standard InChI is InChI=1S/C29H40BrN5O3.C3H8/c1-18-12-19(2)27-21(13-18)5-6-22-14-23(30)15-33-29(22)28(27)20-7-10-35(11-8-20)26(38)4-3-9-34(16-24(31)36)17-25(32)37;1-3-2/h12-15,20,28-29,33H,3-11,16-17H2,1-2H3,(H2,31,36)(H2,32,37);3H2,1-2H3. The Kier molecular flexibility index (Phi) is 12.5. The number of hydrogen-bond acceptors (Lipinski definition) is 5. The minimum atomic E-state index is -0.515. The molecule has 1 aliphatic carbocycles. The lowest BCUT2D eigenvalue weighted by Crippen LogP contribution is -2.45. The zero-order chi connectivity index (χ0) is 30.1. The maximum Gasteiger partial charge on any atom is 0.231 e. The molecule has 1 saturated heterocycles. The molecule has 0 radical (unpaired) electrons. The van der Waals surface area contributed by atoms with Crippen molar-refractivity contribution in [1.82, 2.24) is 15.1 Å². The first kappa shape index (κ1) is 32.9. The van der Waals surface area contributed by atoms with Gasteiger partial charge in [-0.1, -0.05) is 38.0 Å². The van der Waals surface area contributed by atoms with E-state index in [2.05, 4.69) is 73.4 Å². The Morgan fingerprint density at radius 3 is 2.29 bits per heavy atom. The molecule has 5 N–H and O–H groups in total. The molecule has 3 aliphatic rings. The van der Waals surface area contributed by atoms with Gasteiger partial charge in [0.1, 0.15) is 0 Å². The Labute approximate surface area is 254 Å². The smallest absolute Gasteiger partial charge is 0.231 e. The van der Waals surface area contributed by atoms with Crippen molar-refractivity contribution in [3.63, 3.8) is 0 Å². The first-order valence-corrected chi connectivity index (χ1v) is 15.8. The van der Waals surface area contributed by atoms with E-state index in [0.717, 1.165) is 43.3 Å². The lowest BCUT2D eigenvalue weighted by atomic mass is 9.72. The van der Waals surface area contributed by atoms with Crippen LogP contribution in [0.4, 0.5) is 0 Å². The van der Waals surface area contributed by atoms with Crippen LogP contribution in [-0.2, 0) is 20.8 Å². The number of nitrogens with zero attached hydrogens (tertiary/aromatic N) is 2. The van der Waals surface area contributed by atoms with E-state index in [0.29, 0.717) is 31.2 Å². The molecule has 2 atom stereocenters. The van der Waals surface area contributed by atoms with E-state index in [9.17, 15) is 14.4 Å². The molecule has 1 fully saturated rings. The van der Waals surface area contributed by atoms with Crippen LogP contribution in [0.25, 0.3) is 0 Å². The highest BCUT2D eigenvalue weighted by atomic mass is 79.9. The number of carbonyl (C=O) groups excluding carboxylic acids is 3. The van der Waals surface area contributed by atoms with Gasteiger partial charge in [0, 0.05) is 36.1 Å². The molecule has 2 heterocycles. The van der Waals surface area contributed by atoms with Gasteiger partial charge < -0.3 is 21.7 Å². The van der Waals surface area contributed by atoms with E-state index in [4.69, 9.17) is 11.5 Å². The molecule has 3 amide bonds. The molecule has 0 saturated carbocycles. The molecular formula is C32H48BrN5O3. The van der Waals surface area contributed by atoms with Crippen LogP contribution < -0.4 is 16.8 Å². The van der Waals surface area contributed by atoms with Gasteiger partial charge >= 0.3 is 0 Å². The summed E-state index contributed by atoms with van der Waals surface area (Å²) in [7, 11) is 0. The van der Waals surface area contributed by atoms with E-state index in [1.807, 2.05) is 4.90 Å². The highest BCUT2D eigenvalue weighted by Gasteiger charge is 2.39. The van der Waals surface area contributed by atoms with Crippen molar-refractivity contribution in [2.75, 3.05) is 32.7 Å². The van der Waals surface area contributed by atoms with Gasteiger partial charge in [-0.3, -0.25) is 19.3 Å². The number of aryl methyl sites for hydroxylation is 3. The summed E-state index contributed by atoms with van der Waals surface area (Å²) in [6.45, 7) is 10.5. The number of fused-ring (bicyclic) bond motifs is 2. The van der Waals surface area contributed by atoms with Crippen molar-refractivity contribution in [3.8, 4) is 0 Å². The molecule has 226 valence electrons. The quantitative estimate of drug-likeness (QED) is 0.378. The molecule has 1 aromatic rings. The van der Waals surface area contributed by atoms with Gasteiger partial charge in [-0.25, -0.2) is 0 Å². The maximum atomic E-state index is 13.0. The number of rotatable bonds is 9. The number of likely N-dealkylation sites (tertiary alicyclic amines) is 1. The second-order valence-corrected chi connectivity index (χ2v) is 12.7. The lowest BCUT2D eigenvalue weighted by molar-refractivity contribution is -0.132. The van der Waals surface area contributed by atoms with Crippen LogP contribution in [0.15, 0.2) is 34.5 Å². The van der Waals surface area contributed by atoms with Gasteiger partial charge in [-0.15, -0.1) is 0 Å². The third-order valence-electron chi connectivity index (χ3n) is 8.14. The summed E-state index contributed by atoms with van der Waals surface area (Å²) in [6, 6.07) is 4.95. The largest absolute Gasteiger partial charge is 0.383 e. The van der Waals surface area contributed by atoms with Crippen molar-refractivity contribution in [1.29, 1.82) is 0 Å². The topological polar surface area (TPSA) is 122 Å². The fourth-order valence-electron chi connectivity index (χ4n) is 6.63. The molecule has 4 rings (SSSR count). The van der Waals surface area contributed by atoms with Gasteiger partial charge in [0.2, 0.25) is 17.7 Å². The lowest BCUT2D eigenvalue weighted by Gasteiger charge is -2.41. The second kappa shape index (κ2) is 15.5. The number of primary amides is 2. The summed E-state index contributed by atoms with van der Waals surface area (Å²) in [5.74, 6) is -0.0653. The number of piperidine rings is 1. The van der Waals surface area contributed by atoms with Gasteiger partial charge in [0.15, 0.2) is 0 Å². The number of benzene rings is 1. The predicted molar refractivity (Wildman–Crippen MR) is 168 cm³/mol.